The Morgan fingerprint density at radius 2 is 2.06 bits per heavy atom. The molecule has 1 aliphatic rings. The van der Waals surface area contributed by atoms with Crippen molar-refractivity contribution in [2.24, 2.45) is 7.05 Å². The zero-order valence-corrected chi connectivity index (χ0v) is 19.5. The van der Waals surface area contributed by atoms with Crippen LogP contribution in [0.25, 0.3) is 11.0 Å². The van der Waals surface area contributed by atoms with Gasteiger partial charge in [0.1, 0.15) is 23.1 Å². The highest BCUT2D eigenvalue weighted by Crippen LogP contribution is 2.32. The fourth-order valence-electron chi connectivity index (χ4n) is 4.11. The van der Waals surface area contributed by atoms with Gasteiger partial charge >= 0.3 is 0 Å². The number of benzene rings is 2. The minimum absolute atomic E-state index is 0.0703. The maximum atomic E-state index is 14.4. The van der Waals surface area contributed by atoms with Crippen molar-refractivity contribution in [2.75, 3.05) is 23.8 Å². The predicted octanol–water partition coefficient (Wildman–Crippen LogP) is 5.50. The van der Waals surface area contributed by atoms with Gasteiger partial charge in [0.15, 0.2) is 0 Å². The van der Waals surface area contributed by atoms with Crippen molar-refractivity contribution < 1.29 is 18.7 Å². The first kappa shape index (κ1) is 22.8. The number of hydrogen-bond donors (Lipinski definition) is 2. The molecule has 1 fully saturated rings. The van der Waals surface area contributed by atoms with E-state index >= 15 is 0 Å². The van der Waals surface area contributed by atoms with Crippen molar-refractivity contribution in [3.05, 3.63) is 66.1 Å². The molecule has 0 saturated carbocycles. The van der Waals surface area contributed by atoms with Crippen LogP contribution in [0.4, 0.5) is 21.8 Å². The molecule has 2 aromatic heterocycles. The second kappa shape index (κ2) is 9.71. The third-order valence-electron chi connectivity index (χ3n) is 6.03. The molecule has 1 unspecified atom stereocenters. The molecule has 180 valence electrons. The summed E-state index contributed by atoms with van der Waals surface area (Å²) in [4.78, 5) is 20.5. The minimum atomic E-state index is -0.216. The highest BCUT2D eigenvalue weighted by Gasteiger charge is 2.21. The summed E-state index contributed by atoms with van der Waals surface area (Å²) in [6, 6.07) is 14.0. The lowest BCUT2D eigenvalue weighted by Crippen LogP contribution is -2.10. The number of anilines is 3. The van der Waals surface area contributed by atoms with Crippen LogP contribution < -0.4 is 15.4 Å². The van der Waals surface area contributed by atoms with Crippen LogP contribution in [-0.2, 0) is 16.6 Å². The van der Waals surface area contributed by atoms with E-state index in [9.17, 15) is 9.18 Å². The average Bonchev–Trinajstić information content (AvgIpc) is 3.49. The summed E-state index contributed by atoms with van der Waals surface area (Å²) < 4.78 is 27.7. The number of pyridine rings is 1. The highest BCUT2D eigenvalue weighted by atomic mass is 19.1. The Balaban J connectivity index is 1.36. The SMILES string of the molecule is CCC(=O)Nc1cc(Oc2ccc3c(c2)nc(Nc2ccc(F)c(C4CCOC4)c2)n3C)ccn1. The van der Waals surface area contributed by atoms with E-state index in [4.69, 9.17) is 14.5 Å². The topological polar surface area (TPSA) is 90.3 Å². The number of aromatic nitrogens is 3. The van der Waals surface area contributed by atoms with Gasteiger partial charge in [-0.15, -0.1) is 0 Å². The van der Waals surface area contributed by atoms with Crippen LogP contribution in [-0.4, -0.2) is 33.7 Å². The van der Waals surface area contributed by atoms with Crippen LogP contribution in [0.15, 0.2) is 54.7 Å². The first-order chi connectivity index (χ1) is 17.0. The predicted molar refractivity (Wildman–Crippen MR) is 132 cm³/mol. The maximum Gasteiger partial charge on any atom is 0.225 e. The molecule has 9 heteroatoms. The number of aryl methyl sites for hydroxylation is 1. The van der Waals surface area contributed by atoms with E-state index in [-0.39, 0.29) is 17.6 Å². The van der Waals surface area contributed by atoms with Crippen LogP contribution in [0.2, 0.25) is 0 Å². The van der Waals surface area contributed by atoms with Crippen LogP contribution >= 0.6 is 0 Å². The van der Waals surface area contributed by atoms with Gasteiger partial charge in [-0.05, 0) is 48.4 Å². The molecule has 3 heterocycles. The Hall–Kier alpha value is -3.98. The van der Waals surface area contributed by atoms with Crippen molar-refractivity contribution in [3.63, 3.8) is 0 Å². The van der Waals surface area contributed by atoms with Gasteiger partial charge in [0.05, 0.1) is 17.6 Å². The van der Waals surface area contributed by atoms with Crippen LogP contribution in [0, 0.1) is 5.82 Å². The third kappa shape index (κ3) is 4.95. The molecule has 0 aliphatic carbocycles. The largest absolute Gasteiger partial charge is 0.457 e. The number of imidazole rings is 1. The van der Waals surface area contributed by atoms with Gasteiger partial charge in [0.2, 0.25) is 11.9 Å². The van der Waals surface area contributed by atoms with Crippen molar-refractivity contribution in [3.8, 4) is 11.5 Å². The number of carbonyl (C=O) groups is 1. The number of halogens is 1. The zero-order chi connectivity index (χ0) is 24.4. The maximum absolute atomic E-state index is 14.4. The second-order valence-corrected chi connectivity index (χ2v) is 8.45. The Morgan fingerprint density at radius 3 is 2.86 bits per heavy atom. The first-order valence-electron chi connectivity index (χ1n) is 11.5. The van der Waals surface area contributed by atoms with Gasteiger partial charge in [-0.3, -0.25) is 4.79 Å². The molecule has 35 heavy (non-hydrogen) atoms. The number of amides is 1. The summed E-state index contributed by atoms with van der Waals surface area (Å²) in [5, 5.41) is 6.03. The van der Waals surface area contributed by atoms with Gasteiger partial charge in [-0.1, -0.05) is 6.92 Å². The molecule has 0 bridgehead atoms. The number of nitrogens with one attached hydrogen (secondary N) is 2. The monoisotopic (exact) mass is 475 g/mol. The summed E-state index contributed by atoms with van der Waals surface area (Å²) in [7, 11) is 1.92. The van der Waals surface area contributed by atoms with Crippen molar-refractivity contribution in [2.45, 2.75) is 25.7 Å². The lowest BCUT2D eigenvalue weighted by molar-refractivity contribution is -0.115. The zero-order valence-electron chi connectivity index (χ0n) is 19.5. The van der Waals surface area contributed by atoms with Crippen LogP contribution in [0.3, 0.4) is 0 Å². The molecule has 4 aromatic rings. The average molecular weight is 476 g/mol. The molecular weight excluding hydrogens is 449 g/mol. The van der Waals surface area contributed by atoms with E-state index in [0.717, 1.165) is 23.1 Å². The molecule has 1 atom stereocenters. The molecule has 1 aliphatic heterocycles. The van der Waals surface area contributed by atoms with E-state index in [1.165, 1.54) is 6.07 Å². The van der Waals surface area contributed by atoms with E-state index < -0.39 is 0 Å². The van der Waals surface area contributed by atoms with Gasteiger partial charge in [-0.2, -0.15) is 0 Å². The van der Waals surface area contributed by atoms with E-state index in [2.05, 4.69) is 15.6 Å². The van der Waals surface area contributed by atoms with E-state index in [1.54, 1.807) is 31.3 Å². The summed E-state index contributed by atoms with van der Waals surface area (Å²) in [5.74, 6) is 1.95. The summed E-state index contributed by atoms with van der Waals surface area (Å²) in [6.07, 6.45) is 2.77. The standard InChI is InChI=1S/C26H26FN5O3/c1-3-25(33)31-24-14-19(8-10-28-24)35-18-5-7-23-22(13-18)30-26(32(23)2)29-17-4-6-21(27)20(12-17)16-9-11-34-15-16/h4-8,10,12-14,16H,3,9,11,15H2,1-2H3,(H,29,30)(H,28,31,33). The van der Waals surface area contributed by atoms with E-state index in [1.807, 2.05) is 35.9 Å². The molecule has 2 N–H and O–H groups in total. The smallest absolute Gasteiger partial charge is 0.225 e. The summed E-state index contributed by atoms with van der Waals surface area (Å²) >= 11 is 0. The molecule has 1 amide bonds. The van der Waals surface area contributed by atoms with Crippen LogP contribution in [0.5, 0.6) is 11.5 Å². The molecule has 1 saturated heterocycles. The Kier molecular flexibility index (Phi) is 6.33. The number of fused-ring (bicyclic) bond motifs is 1. The third-order valence-corrected chi connectivity index (χ3v) is 6.03. The fourth-order valence-corrected chi connectivity index (χ4v) is 4.11. The lowest BCUT2D eigenvalue weighted by atomic mass is 9.97. The van der Waals surface area contributed by atoms with Crippen molar-refractivity contribution >= 4 is 34.4 Å². The highest BCUT2D eigenvalue weighted by molar-refractivity contribution is 5.89. The lowest BCUT2D eigenvalue weighted by Gasteiger charge is -2.12. The molecular formula is C26H26FN5O3. The van der Waals surface area contributed by atoms with Gasteiger partial charge in [0.25, 0.3) is 0 Å². The number of ether oxygens (including phenoxy) is 2. The quantitative estimate of drug-likeness (QED) is 0.367. The number of nitrogens with zero attached hydrogens (tertiary/aromatic N) is 3. The van der Waals surface area contributed by atoms with Crippen LogP contribution in [0.1, 0.15) is 31.2 Å². The van der Waals surface area contributed by atoms with Crippen molar-refractivity contribution in [1.82, 2.24) is 14.5 Å². The number of rotatable bonds is 7. The van der Waals surface area contributed by atoms with Gasteiger partial charge in [-0.25, -0.2) is 14.4 Å². The first-order valence-corrected chi connectivity index (χ1v) is 11.5. The Labute approximate surface area is 202 Å². The molecule has 5 rings (SSSR count). The van der Waals surface area contributed by atoms with Crippen molar-refractivity contribution in [1.29, 1.82) is 0 Å². The molecule has 0 radical (unpaired) electrons. The minimum Gasteiger partial charge on any atom is -0.457 e. The molecule has 2 aromatic carbocycles. The fraction of sp³-hybridized carbons (Fsp3) is 0.269. The Bertz CT molecular complexity index is 1380. The van der Waals surface area contributed by atoms with Gasteiger partial charge in [0, 0.05) is 50.0 Å². The second-order valence-electron chi connectivity index (χ2n) is 8.45. The number of carbonyl (C=O) groups excluding carboxylic acids is 1. The summed E-state index contributed by atoms with van der Waals surface area (Å²) in [5.41, 5.74) is 3.08. The molecule has 8 nitrogen and oxygen atoms in total. The van der Waals surface area contributed by atoms with E-state index in [0.29, 0.717) is 48.5 Å². The summed E-state index contributed by atoms with van der Waals surface area (Å²) in [6.45, 7) is 2.98. The number of hydrogen-bond acceptors (Lipinski definition) is 6. The van der Waals surface area contributed by atoms with Gasteiger partial charge < -0.3 is 24.7 Å². The molecule has 0 spiro atoms. The Morgan fingerprint density at radius 1 is 1.20 bits per heavy atom. The normalized spacial score (nSPS) is 15.3.